The van der Waals surface area contributed by atoms with Crippen LogP contribution in [0.3, 0.4) is 0 Å². The number of carbonyl (C=O) groups is 2. The fourth-order valence-corrected chi connectivity index (χ4v) is 2.04. The van der Waals surface area contributed by atoms with Gasteiger partial charge in [-0.1, -0.05) is 24.3 Å². The third kappa shape index (κ3) is 5.37. The van der Waals surface area contributed by atoms with Gasteiger partial charge in [0.05, 0.1) is 12.7 Å². The third-order valence-electron chi connectivity index (χ3n) is 3.26. The molecule has 2 amide bonds. The minimum Gasteiger partial charge on any atom is -0.466 e. The van der Waals surface area contributed by atoms with Crippen LogP contribution < -0.4 is 10.6 Å². The van der Waals surface area contributed by atoms with Crippen LogP contribution >= 0.6 is 0 Å². The van der Waals surface area contributed by atoms with Gasteiger partial charge in [-0.05, 0) is 35.9 Å². The SMILES string of the molecule is COC(=O)C=Cc1ccccc1NC(=O)Nc1cccc(C(F)(F)F)c1. The number of nitrogens with one attached hydrogen (secondary N) is 2. The van der Waals surface area contributed by atoms with E-state index in [1.807, 2.05) is 0 Å². The first-order valence-electron chi connectivity index (χ1n) is 7.40. The highest BCUT2D eigenvalue weighted by molar-refractivity contribution is 6.01. The van der Waals surface area contributed by atoms with Crippen molar-refractivity contribution in [2.75, 3.05) is 17.7 Å². The van der Waals surface area contributed by atoms with Gasteiger partial charge >= 0.3 is 18.2 Å². The monoisotopic (exact) mass is 364 g/mol. The number of halogens is 3. The molecule has 0 heterocycles. The Hall–Kier alpha value is -3.29. The van der Waals surface area contributed by atoms with Gasteiger partial charge in [0.25, 0.3) is 0 Å². The molecule has 2 aromatic carbocycles. The maximum Gasteiger partial charge on any atom is 0.416 e. The minimum absolute atomic E-state index is 0.0000843. The van der Waals surface area contributed by atoms with Crippen LogP contribution in [0.4, 0.5) is 29.3 Å². The average molecular weight is 364 g/mol. The summed E-state index contributed by atoms with van der Waals surface area (Å²) in [6.07, 6.45) is -1.86. The molecule has 8 heteroatoms. The van der Waals surface area contributed by atoms with Gasteiger partial charge in [-0.15, -0.1) is 0 Å². The number of rotatable bonds is 4. The molecule has 26 heavy (non-hydrogen) atoms. The number of hydrogen-bond acceptors (Lipinski definition) is 3. The van der Waals surface area contributed by atoms with Gasteiger partial charge in [-0.25, -0.2) is 9.59 Å². The molecule has 0 aliphatic heterocycles. The van der Waals surface area contributed by atoms with Crippen molar-refractivity contribution in [3.8, 4) is 0 Å². The maximum atomic E-state index is 12.7. The van der Waals surface area contributed by atoms with Crippen molar-refractivity contribution in [3.05, 3.63) is 65.7 Å². The van der Waals surface area contributed by atoms with E-state index in [2.05, 4.69) is 15.4 Å². The first-order valence-corrected chi connectivity index (χ1v) is 7.40. The molecule has 0 unspecified atom stereocenters. The Morgan fingerprint density at radius 1 is 1.04 bits per heavy atom. The molecule has 0 aliphatic carbocycles. The fraction of sp³-hybridized carbons (Fsp3) is 0.111. The van der Waals surface area contributed by atoms with Crippen molar-refractivity contribution in [1.82, 2.24) is 0 Å². The lowest BCUT2D eigenvalue weighted by molar-refractivity contribution is -0.137. The molecule has 0 radical (unpaired) electrons. The molecular formula is C18H15F3N2O3. The van der Waals surface area contributed by atoms with Crippen molar-refractivity contribution in [1.29, 1.82) is 0 Å². The van der Waals surface area contributed by atoms with Gasteiger partial charge in [-0.2, -0.15) is 13.2 Å². The predicted molar refractivity (Wildman–Crippen MR) is 91.6 cm³/mol. The number of alkyl halides is 3. The van der Waals surface area contributed by atoms with Crippen LogP contribution in [0.15, 0.2) is 54.6 Å². The number of anilines is 2. The summed E-state index contributed by atoms with van der Waals surface area (Å²) < 4.78 is 42.6. The first-order chi connectivity index (χ1) is 12.3. The Bertz CT molecular complexity index is 832. The number of para-hydroxylation sites is 1. The largest absolute Gasteiger partial charge is 0.466 e. The minimum atomic E-state index is -4.50. The van der Waals surface area contributed by atoms with E-state index in [1.54, 1.807) is 24.3 Å². The summed E-state index contributed by atoms with van der Waals surface area (Å²) in [6.45, 7) is 0. The fourth-order valence-electron chi connectivity index (χ4n) is 2.04. The quantitative estimate of drug-likeness (QED) is 0.618. The molecule has 2 aromatic rings. The summed E-state index contributed by atoms with van der Waals surface area (Å²) in [6, 6.07) is 10.2. The predicted octanol–water partition coefficient (Wildman–Crippen LogP) is 4.54. The van der Waals surface area contributed by atoms with Crippen molar-refractivity contribution in [3.63, 3.8) is 0 Å². The van der Waals surface area contributed by atoms with E-state index in [1.165, 1.54) is 31.4 Å². The second-order valence-electron chi connectivity index (χ2n) is 5.10. The van der Waals surface area contributed by atoms with Crippen molar-refractivity contribution in [2.45, 2.75) is 6.18 Å². The third-order valence-corrected chi connectivity index (χ3v) is 3.26. The molecule has 0 fully saturated rings. The Balaban J connectivity index is 2.11. The molecule has 0 saturated heterocycles. The van der Waals surface area contributed by atoms with Crippen LogP contribution in [0.1, 0.15) is 11.1 Å². The van der Waals surface area contributed by atoms with Gasteiger partial charge in [0.2, 0.25) is 0 Å². The molecule has 5 nitrogen and oxygen atoms in total. The smallest absolute Gasteiger partial charge is 0.416 e. The molecule has 0 spiro atoms. The summed E-state index contributed by atoms with van der Waals surface area (Å²) >= 11 is 0. The average Bonchev–Trinajstić information content (AvgIpc) is 2.60. The molecule has 2 N–H and O–H groups in total. The van der Waals surface area contributed by atoms with E-state index in [-0.39, 0.29) is 5.69 Å². The molecule has 0 atom stereocenters. The van der Waals surface area contributed by atoms with Crippen LogP contribution in [0.25, 0.3) is 6.08 Å². The summed E-state index contributed by atoms with van der Waals surface area (Å²) in [5, 5.41) is 4.86. The number of ether oxygens (including phenoxy) is 1. The van der Waals surface area contributed by atoms with E-state index in [0.29, 0.717) is 11.3 Å². The van der Waals surface area contributed by atoms with E-state index >= 15 is 0 Å². The highest BCUT2D eigenvalue weighted by Crippen LogP contribution is 2.30. The van der Waals surface area contributed by atoms with Gasteiger partial charge < -0.3 is 15.4 Å². The topological polar surface area (TPSA) is 67.4 Å². The lowest BCUT2D eigenvalue weighted by Crippen LogP contribution is -2.20. The van der Waals surface area contributed by atoms with Crippen LogP contribution in [-0.4, -0.2) is 19.1 Å². The van der Waals surface area contributed by atoms with E-state index in [9.17, 15) is 22.8 Å². The van der Waals surface area contributed by atoms with E-state index in [4.69, 9.17) is 0 Å². The maximum absolute atomic E-state index is 12.7. The zero-order valence-electron chi connectivity index (χ0n) is 13.6. The van der Waals surface area contributed by atoms with Crippen molar-refractivity contribution >= 4 is 29.5 Å². The standard InChI is InChI=1S/C18H15F3N2O3/c1-26-16(24)10-9-12-5-2-3-8-15(12)23-17(25)22-14-7-4-6-13(11-14)18(19,20)21/h2-11H,1H3,(H2,22,23,25). The lowest BCUT2D eigenvalue weighted by Gasteiger charge is -2.12. The van der Waals surface area contributed by atoms with Crippen LogP contribution in [0.2, 0.25) is 0 Å². The van der Waals surface area contributed by atoms with Crippen molar-refractivity contribution in [2.24, 2.45) is 0 Å². The molecule has 0 bridgehead atoms. The number of urea groups is 1. The van der Waals surface area contributed by atoms with Crippen molar-refractivity contribution < 1.29 is 27.5 Å². The number of hydrogen-bond donors (Lipinski definition) is 2. The second-order valence-corrected chi connectivity index (χ2v) is 5.10. The molecule has 0 aliphatic rings. The molecule has 2 rings (SSSR count). The highest BCUT2D eigenvalue weighted by Gasteiger charge is 2.30. The Morgan fingerprint density at radius 2 is 1.77 bits per heavy atom. The van der Waals surface area contributed by atoms with Gasteiger partial charge in [0.1, 0.15) is 0 Å². The van der Waals surface area contributed by atoms with E-state index in [0.717, 1.165) is 12.1 Å². The zero-order chi connectivity index (χ0) is 19.2. The molecular weight excluding hydrogens is 349 g/mol. The lowest BCUT2D eigenvalue weighted by atomic mass is 10.1. The Morgan fingerprint density at radius 3 is 2.46 bits per heavy atom. The Labute approximate surface area is 147 Å². The van der Waals surface area contributed by atoms with Gasteiger partial charge in [0, 0.05) is 17.5 Å². The molecule has 0 saturated carbocycles. The second kappa shape index (κ2) is 8.19. The molecule has 0 aromatic heterocycles. The number of amides is 2. The number of carbonyl (C=O) groups excluding carboxylic acids is 2. The number of methoxy groups -OCH3 is 1. The van der Waals surface area contributed by atoms with Gasteiger partial charge in [0.15, 0.2) is 0 Å². The normalized spacial score (nSPS) is 11.2. The highest BCUT2D eigenvalue weighted by atomic mass is 19.4. The van der Waals surface area contributed by atoms with E-state index < -0.39 is 23.7 Å². The number of benzene rings is 2. The number of esters is 1. The summed E-state index contributed by atoms with van der Waals surface area (Å²) in [5.41, 5.74) is 0.0332. The summed E-state index contributed by atoms with van der Waals surface area (Å²) in [4.78, 5) is 23.2. The first kappa shape index (κ1) is 19.0. The van der Waals surface area contributed by atoms with Crippen LogP contribution in [0.5, 0.6) is 0 Å². The van der Waals surface area contributed by atoms with Crippen LogP contribution in [-0.2, 0) is 15.7 Å². The summed E-state index contributed by atoms with van der Waals surface area (Å²) in [5.74, 6) is -0.562. The van der Waals surface area contributed by atoms with Crippen LogP contribution in [0, 0.1) is 0 Å². The van der Waals surface area contributed by atoms with Gasteiger partial charge in [-0.3, -0.25) is 0 Å². The zero-order valence-corrected chi connectivity index (χ0v) is 13.6. The summed E-state index contributed by atoms with van der Waals surface area (Å²) in [7, 11) is 1.24. The Kier molecular flexibility index (Phi) is 6.00. The molecule has 136 valence electrons.